The average Bonchev–Trinajstić information content (AvgIpc) is 2.24. The van der Waals surface area contributed by atoms with Gasteiger partial charge in [0.25, 0.3) is 0 Å². The van der Waals surface area contributed by atoms with Gasteiger partial charge >= 0.3 is 5.97 Å². The first-order valence-corrected chi connectivity index (χ1v) is 5.47. The van der Waals surface area contributed by atoms with E-state index in [9.17, 15) is 4.79 Å². The molecule has 0 spiro atoms. The van der Waals surface area contributed by atoms with E-state index in [1.165, 1.54) is 4.90 Å². The highest BCUT2D eigenvalue weighted by Crippen LogP contribution is 2.03. The van der Waals surface area contributed by atoms with Gasteiger partial charge in [-0.1, -0.05) is 13.3 Å². The minimum absolute atomic E-state index is 0.166. The Morgan fingerprint density at radius 1 is 1.31 bits per heavy atom. The van der Waals surface area contributed by atoms with Crippen molar-refractivity contribution in [1.29, 1.82) is 0 Å². The van der Waals surface area contributed by atoms with Gasteiger partial charge in [-0.15, -0.1) is 0 Å². The van der Waals surface area contributed by atoms with E-state index in [1.54, 1.807) is 0 Å². The number of carboxylic acids is 1. The minimum Gasteiger partial charge on any atom is -0.478 e. The number of aliphatic hydroxyl groups excluding tert-OH is 2. The van der Waals surface area contributed by atoms with Gasteiger partial charge in [-0.25, -0.2) is 4.79 Å². The summed E-state index contributed by atoms with van der Waals surface area (Å²) in [6.07, 6.45) is 0.619. The van der Waals surface area contributed by atoms with Crippen molar-refractivity contribution in [2.45, 2.75) is 26.0 Å². The van der Waals surface area contributed by atoms with Crippen molar-refractivity contribution >= 4 is 5.97 Å². The standard InChI is InChI=1S/C10H21NO5/c1-2-3-8-16-9(10(14)15)11(4-6-12)5-7-13/h9,12-13H,2-8H2,1H3,(H,14,15). The topological polar surface area (TPSA) is 90.2 Å². The summed E-state index contributed by atoms with van der Waals surface area (Å²) in [6, 6.07) is 0. The van der Waals surface area contributed by atoms with E-state index in [4.69, 9.17) is 20.1 Å². The van der Waals surface area contributed by atoms with Crippen LogP contribution in [0.5, 0.6) is 0 Å². The molecule has 0 amide bonds. The predicted molar refractivity (Wildman–Crippen MR) is 58.0 cm³/mol. The maximum Gasteiger partial charge on any atom is 0.348 e. The second-order valence-corrected chi connectivity index (χ2v) is 3.40. The molecule has 6 heteroatoms. The van der Waals surface area contributed by atoms with Gasteiger partial charge in [0.05, 0.1) is 13.2 Å². The van der Waals surface area contributed by atoms with Crippen molar-refractivity contribution in [3.63, 3.8) is 0 Å². The maximum atomic E-state index is 11.0. The summed E-state index contributed by atoms with van der Waals surface area (Å²) in [5, 5.41) is 26.6. The Hall–Kier alpha value is -0.690. The Kier molecular flexibility index (Phi) is 9.12. The van der Waals surface area contributed by atoms with Gasteiger partial charge in [-0.05, 0) is 6.42 Å². The van der Waals surface area contributed by atoms with Crippen molar-refractivity contribution in [2.24, 2.45) is 0 Å². The second-order valence-electron chi connectivity index (χ2n) is 3.40. The zero-order valence-electron chi connectivity index (χ0n) is 9.63. The molecule has 0 rings (SSSR count). The van der Waals surface area contributed by atoms with Crippen molar-refractivity contribution in [3.05, 3.63) is 0 Å². The molecule has 0 aliphatic carbocycles. The zero-order chi connectivity index (χ0) is 12.4. The van der Waals surface area contributed by atoms with Crippen LogP contribution in [0.2, 0.25) is 0 Å². The third-order valence-electron chi connectivity index (χ3n) is 2.09. The van der Waals surface area contributed by atoms with Crippen LogP contribution in [-0.4, -0.2) is 65.3 Å². The Morgan fingerprint density at radius 3 is 2.25 bits per heavy atom. The molecule has 0 aliphatic heterocycles. The van der Waals surface area contributed by atoms with Gasteiger partial charge in [-0.3, -0.25) is 4.90 Å². The van der Waals surface area contributed by atoms with Gasteiger partial charge in [0.15, 0.2) is 0 Å². The Morgan fingerprint density at radius 2 is 1.88 bits per heavy atom. The van der Waals surface area contributed by atoms with E-state index in [0.29, 0.717) is 6.61 Å². The molecule has 0 saturated heterocycles. The number of aliphatic carboxylic acids is 1. The third-order valence-corrected chi connectivity index (χ3v) is 2.09. The predicted octanol–water partition coefficient (Wildman–Crippen LogP) is -0.500. The molecule has 0 saturated carbocycles. The van der Waals surface area contributed by atoms with Crippen LogP contribution < -0.4 is 0 Å². The average molecular weight is 235 g/mol. The number of nitrogens with zero attached hydrogens (tertiary/aromatic N) is 1. The van der Waals surface area contributed by atoms with Gasteiger partial charge < -0.3 is 20.1 Å². The first-order chi connectivity index (χ1) is 7.67. The molecule has 96 valence electrons. The van der Waals surface area contributed by atoms with Crippen LogP contribution in [0.15, 0.2) is 0 Å². The van der Waals surface area contributed by atoms with E-state index >= 15 is 0 Å². The van der Waals surface area contributed by atoms with Crippen molar-refractivity contribution in [3.8, 4) is 0 Å². The van der Waals surface area contributed by atoms with E-state index in [-0.39, 0.29) is 26.3 Å². The van der Waals surface area contributed by atoms with E-state index in [0.717, 1.165) is 12.8 Å². The molecule has 16 heavy (non-hydrogen) atoms. The quantitative estimate of drug-likeness (QED) is 0.349. The van der Waals surface area contributed by atoms with E-state index in [1.807, 2.05) is 6.92 Å². The van der Waals surface area contributed by atoms with Gasteiger partial charge in [0, 0.05) is 19.7 Å². The molecular weight excluding hydrogens is 214 g/mol. The monoisotopic (exact) mass is 235 g/mol. The van der Waals surface area contributed by atoms with Crippen molar-refractivity contribution in [1.82, 2.24) is 4.90 Å². The van der Waals surface area contributed by atoms with Crippen molar-refractivity contribution in [2.75, 3.05) is 32.9 Å². The number of hydrogen-bond donors (Lipinski definition) is 3. The third kappa shape index (κ3) is 6.02. The van der Waals surface area contributed by atoms with Crippen LogP contribution in [0.1, 0.15) is 19.8 Å². The lowest BCUT2D eigenvalue weighted by molar-refractivity contribution is -0.166. The molecule has 0 radical (unpaired) electrons. The fraction of sp³-hybridized carbons (Fsp3) is 0.900. The molecule has 0 bridgehead atoms. The molecule has 1 unspecified atom stereocenters. The SMILES string of the molecule is CCCCOC(C(=O)O)N(CCO)CCO. The number of hydrogen-bond acceptors (Lipinski definition) is 5. The highest BCUT2D eigenvalue weighted by Gasteiger charge is 2.25. The van der Waals surface area contributed by atoms with Crippen molar-refractivity contribution < 1.29 is 24.9 Å². The van der Waals surface area contributed by atoms with Gasteiger partial charge in [-0.2, -0.15) is 0 Å². The van der Waals surface area contributed by atoms with E-state index < -0.39 is 12.2 Å². The highest BCUT2D eigenvalue weighted by atomic mass is 16.5. The zero-order valence-corrected chi connectivity index (χ0v) is 9.63. The first-order valence-electron chi connectivity index (χ1n) is 5.47. The van der Waals surface area contributed by atoms with Crippen LogP contribution in [0.4, 0.5) is 0 Å². The summed E-state index contributed by atoms with van der Waals surface area (Å²) in [5.74, 6) is -1.10. The molecule has 6 nitrogen and oxygen atoms in total. The van der Waals surface area contributed by atoms with Gasteiger partial charge in [0.2, 0.25) is 6.23 Å². The minimum atomic E-state index is -1.10. The molecule has 0 heterocycles. The Labute approximate surface area is 95.4 Å². The summed E-state index contributed by atoms with van der Waals surface area (Å²) in [4.78, 5) is 12.4. The molecule has 0 fully saturated rings. The number of carbonyl (C=O) groups is 1. The summed E-state index contributed by atoms with van der Waals surface area (Å²) >= 11 is 0. The molecule has 0 aliphatic rings. The number of unbranched alkanes of at least 4 members (excludes halogenated alkanes) is 1. The van der Waals surface area contributed by atoms with Crippen LogP contribution in [0.3, 0.4) is 0 Å². The van der Waals surface area contributed by atoms with Crippen LogP contribution in [-0.2, 0) is 9.53 Å². The summed E-state index contributed by atoms with van der Waals surface area (Å²) in [7, 11) is 0. The lowest BCUT2D eigenvalue weighted by Gasteiger charge is -2.27. The lowest BCUT2D eigenvalue weighted by atomic mass is 10.3. The van der Waals surface area contributed by atoms with Crippen LogP contribution in [0.25, 0.3) is 0 Å². The van der Waals surface area contributed by atoms with E-state index in [2.05, 4.69) is 0 Å². The Bertz CT molecular complexity index is 182. The van der Waals surface area contributed by atoms with Crippen LogP contribution >= 0.6 is 0 Å². The molecular formula is C10H21NO5. The fourth-order valence-electron chi connectivity index (χ4n) is 1.28. The smallest absolute Gasteiger partial charge is 0.348 e. The molecule has 3 N–H and O–H groups in total. The number of ether oxygens (including phenoxy) is 1. The normalized spacial score (nSPS) is 13.0. The number of aliphatic hydroxyl groups is 2. The number of rotatable bonds is 10. The summed E-state index contributed by atoms with van der Waals surface area (Å²) in [6.45, 7) is 2.36. The number of carboxylic acid groups (broad SMARTS) is 1. The molecule has 0 aromatic heterocycles. The molecule has 0 aromatic rings. The summed E-state index contributed by atoms with van der Waals surface area (Å²) < 4.78 is 5.22. The second kappa shape index (κ2) is 9.53. The molecule has 1 atom stereocenters. The first kappa shape index (κ1) is 15.3. The highest BCUT2D eigenvalue weighted by molar-refractivity contribution is 5.71. The largest absolute Gasteiger partial charge is 0.478 e. The Balaban J connectivity index is 4.26. The van der Waals surface area contributed by atoms with Gasteiger partial charge in [0.1, 0.15) is 0 Å². The van der Waals surface area contributed by atoms with Crippen LogP contribution in [0, 0.1) is 0 Å². The molecule has 0 aromatic carbocycles. The lowest BCUT2D eigenvalue weighted by Crippen LogP contribution is -2.46. The summed E-state index contributed by atoms with van der Waals surface area (Å²) in [5.41, 5.74) is 0. The maximum absolute atomic E-state index is 11.0. The fourth-order valence-corrected chi connectivity index (χ4v) is 1.28.